The average Bonchev–Trinajstić information content (AvgIpc) is 1.78. The van der Waals surface area contributed by atoms with Crippen molar-refractivity contribution in [1.82, 2.24) is 4.98 Å². The fraction of sp³-hybridized carbons (Fsp3) is 0.375. The fourth-order valence-corrected chi connectivity index (χ4v) is 1.77. The second-order valence-corrected chi connectivity index (χ2v) is 4.70. The van der Waals surface area contributed by atoms with Gasteiger partial charge < -0.3 is 0 Å². The van der Waals surface area contributed by atoms with Crippen molar-refractivity contribution in [1.29, 1.82) is 0 Å². The average molecular weight is 200 g/mol. The second kappa shape index (κ2) is 3.43. The summed E-state index contributed by atoms with van der Waals surface area (Å²) in [6.07, 6.45) is 0. The molecule has 0 aromatic carbocycles. The van der Waals surface area contributed by atoms with Gasteiger partial charge in [0.05, 0.1) is 5.69 Å². The monoisotopic (exact) mass is 200 g/mol. The van der Waals surface area contributed by atoms with Gasteiger partial charge in [0.2, 0.25) is 10.0 Å². The van der Waals surface area contributed by atoms with Crippen LogP contribution in [0, 0.1) is 13.8 Å². The van der Waals surface area contributed by atoms with Gasteiger partial charge in [0, 0.05) is 5.69 Å². The van der Waals surface area contributed by atoms with E-state index in [0.717, 1.165) is 11.3 Å². The van der Waals surface area contributed by atoms with Gasteiger partial charge in [-0.15, -0.1) is 0 Å². The molecule has 0 aliphatic rings. The molecule has 0 unspecified atom stereocenters. The van der Waals surface area contributed by atoms with Gasteiger partial charge in [-0.2, -0.15) is 0 Å². The van der Waals surface area contributed by atoms with Gasteiger partial charge in [-0.3, -0.25) is 4.98 Å². The van der Waals surface area contributed by atoms with Crippen LogP contribution in [0.2, 0.25) is 0 Å². The van der Waals surface area contributed by atoms with Gasteiger partial charge in [0.25, 0.3) is 0 Å². The van der Waals surface area contributed by atoms with Crippen LogP contribution in [-0.4, -0.2) is 13.4 Å². The van der Waals surface area contributed by atoms with E-state index in [4.69, 9.17) is 5.14 Å². The highest BCUT2D eigenvalue weighted by Gasteiger charge is 2.06. The summed E-state index contributed by atoms with van der Waals surface area (Å²) in [7, 11) is -3.47. The molecule has 13 heavy (non-hydrogen) atoms. The molecule has 1 aromatic rings. The van der Waals surface area contributed by atoms with Crippen LogP contribution in [0.3, 0.4) is 0 Å². The molecule has 1 rings (SSSR count). The largest absolute Gasteiger partial charge is 0.257 e. The van der Waals surface area contributed by atoms with Gasteiger partial charge in [-0.1, -0.05) is 0 Å². The first kappa shape index (κ1) is 10.1. The summed E-state index contributed by atoms with van der Waals surface area (Å²) in [6, 6.07) is 3.60. The summed E-state index contributed by atoms with van der Waals surface area (Å²) in [4.78, 5) is 4.06. The van der Waals surface area contributed by atoms with Crippen molar-refractivity contribution in [2.45, 2.75) is 19.6 Å². The van der Waals surface area contributed by atoms with E-state index in [1.165, 1.54) is 0 Å². The minimum absolute atomic E-state index is 0.199. The molecule has 0 bridgehead atoms. The Morgan fingerprint density at radius 2 is 2.00 bits per heavy atom. The van der Waals surface area contributed by atoms with Crippen molar-refractivity contribution in [3.63, 3.8) is 0 Å². The zero-order valence-corrected chi connectivity index (χ0v) is 8.43. The Morgan fingerprint density at radius 1 is 1.38 bits per heavy atom. The number of aryl methyl sites for hydroxylation is 2. The summed E-state index contributed by atoms with van der Waals surface area (Å²) >= 11 is 0. The quantitative estimate of drug-likeness (QED) is 0.755. The topological polar surface area (TPSA) is 73.0 Å². The molecule has 0 aliphatic carbocycles. The maximum atomic E-state index is 10.8. The van der Waals surface area contributed by atoms with E-state index in [0.29, 0.717) is 5.69 Å². The van der Waals surface area contributed by atoms with Crippen molar-refractivity contribution in [3.05, 3.63) is 29.1 Å². The van der Waals surface area contributed by atoms with E-state index in [-0.39, 0.29) is 5.75 Å². The highest BCUT2D eigenvalue weighted by Crippen LogP contribution is 2.06. The molecule has 0 radical (unpaired) electrons. The summed E-state index contributed by atoms with van der Waals surface area (Å²) in [5, 5.41) is 4.90. The molecule has 0 atom stereocenters. The highest BCUT2D eigenvalue weighted by molar-refractivity contribution is 7.88. The van der Waals surface area contributed by atoms with Crippen molar-refractivity contribution in [3.8, 4) is 0 Å². The van der Waals surface area contributed by atoms with Crippen LogP contribution in [0.5, 0.6) is 0 Å². The lowest BCUT2D eigenvalue weighted by molar-refractivity contribution is 0.596. The molecule has 1 aromatic heterocycles. The third-order valence-electron chi connectivity index (χ3n) is 1.50. The first-order chi connectivity index (χ1) is 5.87. The third kappa shape index (κ3) is 3.52. The third-order valence-corrected chi connectivity index (χ3v) is 2.20. The number of pyridine rings is 1. The van der Waals surface area contributed by atoms with Crippen molar-refractivity contribution < 1.29 is 8.42 Å². The van der Waals surface area contributed by atoms with Crippen molar-refractivity contribution in [2.24, 2.45) is 5.14 Å². The van der Waals surface area contributed by atoms with Crippen molar-refractivity contribution >= 4 is 10.0 Å². The predicted octanol–water partition coefficient (Wildman–Crippen LogP) is 0.487. The SMILES string of the molecule is Cc1cc(C)nc(CS(N)(=O)=O)c1. The van der Waals surface area contributed by atoms with Crippen LogP contribution >= 0.6 is 0 Å². The molecule has 5 heteroatoms. The maximum Gasteiger partial charge on any atom is 0.214 e. The summed E-state index contributed by atoms with van der Waals surface area (Å²) in [6.45, 7) is 3.71. The standard InChI is InChI=1S/C8H12N2O2S/c1-6-3-7(2)10-8(4-6)5-13(9,11)12/h3-4H,5H2,1-2H3,(H2,9,11,12). The second-order valence-electron chi connectivity index (χ2n) is 3.08. The fourth-order valence-electron chi connectivity index (χ4n) is 1.21. The first-order valence-corrected chi connectivity index (χ1v) is 5.53. The van der Waals surface area contributed by atoms with Gasteiger partial charge in [0.1, 0.15) is 5.75 Å². The Kier molecular flexibility index (Phi) is 2.68. The van der Waals surface area contributed by atoms with E-state index in [9.17, 15) is 8.42 Å². The Morgan fingerprint density at radius 3 is 2.46 bits per heavy atom. The van der Waals surface area contributed by atoms with Gasteiger partial charge >= 0.3 is 0 Å². The molecular weight excluding hydrogens is 188 g/mol. The number of nitrogens with two attached hydrogens (primary N) is 1. The minimum Gasteiger partial charge on any atom is -0.257 e. The predicted molar refractivity (Wildman–Crippen MR) is 50.5 cm³/mol. The molecule has 0 fully saturated rings. The van der Waals surface area contributed by atoms with E-state index >= 15 is 0 Å². The molecule has 0 saturated carbocycles. The van der Waals surface area contributed by atoms with E-state index in [1.807, 2.05) is 19.9 Å². The zero-order valence-electron chi connectivity index (χ0n) is 7.61. The van der Waals surface area contributed by atoms with Crippen molar-refractivity contribution in [2.75, 3.05) is 0 Å². The molecular formula is C8H12N2O2S. The van der Waals surface area contributed by atoms with Gasteiger partial charge in [0.15, 0.2) is 0 Å². The van der Waals surface area contributed by atoms with Crippen LogP contribution in [0.15, 0.2) is 12.1 Å². The summed E-state index contributed by atoms with van der Waals surface area (Å²) < 4.78 is 21.5. The number of aromatic nitrogens is 1. The molecule has 1 heterocycles. The number of primary sulfonamides is 1. The molecule has 0 spiro atoms. The minimum atomic E-state index is -3.47. The normalized spacial score (nSPS) is 11.6. The summed E-state index contributed by atoms with van der Waals surface area (Å²) in [5.41, 5.74) is 2.30. The molecule has 0 saturated heterocycles. The lowest BCUT2D eigenvalue weighted by Crippen LogP contribution is -2.15. The van der Waals surface area contributed by atoms with Gasteiger partial charge in [-0.05, 0) is 31.5 Å². The molecule has 0 amide bonds. The Hall–Kier alpha value is -0.940. The maximum absolute atomic E-state index is 10.8. The summed E-state index contributed by atoms with van der Waals surface area (Å²) in [5.74, 6) is -0.199. The molecule has 2 N–H and O–H groups in total. The van der Waals surface area contributed by atoms with Crippen LogP contribution < -0.4 is 5.14 Å². The van der Waals surface area contributed by atoms with Crippen LogP contribution in [0.25, 0.3) is 0 Å². The van der Waals surface area contributed by atoms with Crippen LogP contribution in [0.4, 0.5) is 0 Å². The highest BCUT2D eigenvalue weighted by atomic mass is 32.2. The lowest BCUT2D eigenvalue weighted by atomic mass is 10.2. The van der Waals surface area contributed by atoms with Gasteiger partial charge in [-0.25, -0.2) is 13.6 Å². The van der Waals surface area contributed by atoms with Crippen LogP contribution in [0.1, 0.15) is 17.0 Å². The van der Waals surface area contributed by atoms with E-state index in [2.05, 4.69) is 4.98 Å². The molecule has 0 aliphatic heterocycles. The zero-order chi connectivity index (χ0) is 10.1. The smallest absolute Gasteiger partial charge is 0.214 e. The van der Waals surface area contributed by atoms with E-state index < -0.39 is 10.0 Å². The number of rotatable bonds is 2. The van der Waals surface area contributed by atoms with E-state index in [1.54, 1.807) is 6.07 Å². The lowest BCUT2D eigenvalue weighted by Gasteiger charge is -2.01. The first-order valence-electron chi connectivity index (χ1n) is 3.81. The van der Waals surface area contributed by atoms with Crippen LogP contribution in [-0.2, 0) is 15.8 Å². The number of hydrogen-bond donors (Lipinski definition) is 1. The Labute approximate surface area is 77.8 Å². The molecule has 4 nitrogen and oxygen atoms in total. The Balaban J connectivity index is 3.03. The number of sulfonamides is 1. The number of nitrogens with zero attached hydrogens (tertiary/aromatic N) is 1. The number of hydrogen-bond acceptors (Lipinski definition) is 3. The molecule has 72 valence electrons. The Bertz CT molecular complexity index is 392.